The van der Waals surface area contributed by atoms with E-state index >= 15 is 0 Å². The summed E-state index contributed by atoms with van der Waals surface area (Å²) in [5.41, 5.74) is 0.696. The summed E-state index contributed by atoms with van der Waals surface area (Å²) in [5, 5.41) is 2.80. The molecule has 1 unspecified atom stereocenters. The molecule has 1 aromatic rings. The van der Waals surface area contributed by atoms with Crippen LogP contribution in [0.25, 0.3) is 0 Å². The van der Waals surface area contributed by atoms with Crippen molar-refractivity contribution in [2.24, 2.45) is 0 Å². The van der Waals surface area contributed by atoms with Crippen LogP contribution in [0.3, 0.4) is 0 Å². The number of carbonyl (C=O) groups excluding carboxylic acids is 2. The number of urea groups is 1. The number of piperidine rings is 1. The van der Waals surface area contributed by atoms with Gasteiger partial charge in [-0.1, -0.05) is 24.6 Å². The molecule has 4 rings (SSSR count). The third-order valence-electron chi connectivity index (χ3n) is 6.31. The number of amides is 3. The molecule has 0 spiro atoms. The third-order valence-corrected chi connectivity index (χ3v) is 6.31. The van der Waals surface area contributed by atoms with Crippen LogP contribution in [0, 0.1) is 0 Å². The van der Waals surface area contributed by atoms with Crippen molar-refractivity contribution in [1.29, 1.82) is 0 Å². The van der Waals surface area contributed by atoms with Crippen LogP contribution < -0.4 is 5.32 Å². The summed E-state index contributed by atoms with van der Waals surface area (Å²) in [6.45, 7) is 7.59. The molecule has 1 saturated heterocycles. The van der Waals surface area contributed by atoms with E-state index in [1.165, 1.54) is 23.5 Å². The number of likely N-dealkylation sites (tertiary alicyclic amines) is 1. The molecule has 3 amide bonds. The number of hydrogen-bond acceptors (Lipinski definition) is 3. The van der Waals surface area contributed by atoms with Crippen molar-refractivity contribution in [3.8, 4) is 0 Å². The van der Waals surface area contributed by atoms with Crippen molar-refractivity contribution in [1.82, 2.24) is 20.0 Å². The topological polar surface area (TPSA) is 55.9 Å². The Morgan fingerprint density at radius 1 is 1.06 bits per heavy atom. The number of rotatable bonds is 6. The summed E-state index contributed by atoms with van der Waals surface area (Å²) in [4.78, 5) is 31.7. The van der Waals surface area contributed by atoms with Crippen molar-refractivity contribution < 1.29 is 22.8 Å². The van der Waals surface area contributed by atoms with Crippen molar-refractivity contribution in [2.45, 2.75) is 31.5 Å². The van der Waals surface area contributed by atoms with Gasteiger partial charge in [-0.25, -0.2) is 4.79 Å². The highest BCUT2D eigenvalue weighted by atomic mass is 19.4. The summed E-state index contributed by atoms with van der Waals surface area (Å²) < 4.78 is 38.9. The Labute approximate surface area is 185 Å². The molecule has 9 heteroatoms. The van der Waals surface area contributed by atoms with E-state index in [0.29, 0.717) is 29.9 Å². The molecule has 1 N–H and O–H groups in total. The second-order valence-electron chi connectivity index (χ2n) is 8.39. The summed E-state index contributed by atoms with van der Waals surface area (Å²) in [7, 11) is 0. The Kier molecular flexibility index (Phi) is 6.28. The Morgan fingerprint density at radius 3 is 2.38 bits per heavy atom. The van der Waals surface area contributed by atoms with E-state index in [1.54, 1.807) is 11.0 Å². The highest BCUT2D eigenvalue weighted by molar-refractivity contribution is 6.01. The zero-order chi connectivity index (χ0) is 22.9. The molecule has 0 bridgehead atoms. The number of carbonyl (C=O) groups is 2. The number of benzene rings is 1. The van der Waals surface area contributed by atoms with Gasteiger partial charge >= 0.3 is 12.2 Å². The first-order valence-corrected chi connectivity index (χ1v) is 10.9. The molecule has 0 aromatic heterocycles. The number of nitrogens with one attached hydrogen (secondary N) is 1. The number of nitrogens with zero attached hydrogens (tertiary/aromatic N) is 3. The Balaban J connectivity index is 1.59. The molecule has 0 aliphatic carbocycles. The van der Waals surface area contributed by atoms with Gasteiger partial charge in [0.25, 0.3) is 5.91 Å². The van der Waals surface area contributed by atoms with Crippen LogP contribution in [0.1, 0.15) is 36.4 Å². The average molecular weight is 448 g/mol. The van der Waals surface area contributed by atoms with Crippen LogP contribution in [-0.2, 0) is 11.0 Å². The highest BCUT2D eigenvalue weighted by Crippen LogP contribution is 2.37. The van der Waals surface area contributed by atoms with Crippen molar-refractivity contribution in [2.75, 3.05) is 39.3 Å². The largest absolute Gasteiger partial charge is 0.416 e. The van der Waals surface area contributed by atoms with Gasteiger partial charge in [-0.2, -0.15) is 13.2 Å². The quantitative estimate of drug-likeness (QED) is 0.678. The van der Waals surface area contributed by atoms with Crippen LogP contribution >= 0.6 is 0 Å². The van der Waals surface area contributed by atoms with Gasteiger partial charge in [0, 0.05) is 19.6 Å². The minimum Gasteiger partial charge on any atom is -0.332 e. The SMILES string of the molecule is C=CCN1C(=O)NC(c2ccc(C(F)(F)F)cc2)C2=C1CN(CCN1CCCCC1)C2=O. The first-order chi connectivity index (χ1) is 15.3. The van der Waals surface area contributed by atoms with Crippen LogP contribution in [0.15, 0.2) is 48.2 Å². The van der Waals surface area contributed by atoms with E-state index in [1.807, 2.05) is 0 Å². The molecule has 0 saturated carbocycles. The minimum absolute atomic E-state index is 0.184. The van der Waals surface area contributed by atoms with Crippen molar-refractivity contribution in [3.63, 3.8) is 0 Å². The lowest BCUT2D eigenvalue weighted by Crippen LogP contribution is -2.47. The van der Waals surface area contributed by atoms with Gasteiger partial charge in [0.15, 0.2) is 0 Å². The van der Waals surface area contributed by atoms with Crippen molar-refractivity contribution >= 4 is 11.9 Å². The maximum absolute atomic E-state index is 13.3. The molecule has 1 aromatic carbocycles. The molecular weight excluding hydrogens is 421 g/mol. The standard InChI is InChI=1S/C23H27F3N4O2/c1-2-10-30-18-15-29(14-13-28-11-4-3-5-12-28)21(31)19(18)20(27-22(30)32)16-6-8-17(9-7-16)23(24,25)26/h2,6-9,20H,1,3-5,10-15H2,(H,27,32). The Bertz CT molecular complexity index is 920. The molecular formula is C23H27F3N4O2. The summed E-state index contributed by atoms with van der Waals surface area (Å²) >= 11 is 0. The zero-order valence-corrected chi connectivity index (χ0v) is 17.8. The molecule has 32 heavy (non-hydrogen) atoms. The average Bonchev–Trinajstić information content (AvgIpc) is 3.10. The molecule has 3 heterocycles. The van der Waals surface area contributed by atoms with Gasteiger partial charge in [0.1, 0.15) is 0 Å². The maximum Gasteiger partial charge on any atom is 0.416 e. The molecule has 3 aliphatic rings. The van der Waals surface area contributed by atoms with Gasteiger partial charge in [0.05, 0.1) is 29.4 Å². The van der Waals surface area contributed by atoms with E-state index in [2.05, 4.69) is 16.8 Å². The van der Waals surface area contributed by atoms with Crippen LogP contribution in [0.4, 0.5) is 18.0 Å². The Morgan fingerprint density at radius 2 is 1.75 bits per heavy atom. The second-order valence-corrected chi connectivity index (χ2v) is 8.39. The fourth-order valence-corrected chi connectivity index (χ4v) is 4.61. The molecule has 1 fully saturated rings. The third kappa shape index (κ3) is 4.39. The predicted molar refractivity (Wildman–Crippen MR) is 114 cm³/mol. The zero-order valence-electron chi connectivity index (χ0n) is 17.8. The fourth-order valence-electron chi connectivity index (χ4n) is 4.61. The van der Waals surface area contributed by atoms with Gasteiger partial charge in [0.2, 0.25) is 0 Å². The lowest BCUT2D eigenvalue weighted by molar-refractivity contribution is -0.137. The fraction of sp³-hybridized carbons (Fsp3) is 0.478. The van der Waals surface area contributed by atoms with E-state index in [9.17, 15) is 22.8 Å². The molecule has 3 aliphatic heterocycles. The molecule has 1 atom stereocenters. The van der Waals surface area contributed by atoms with Gasteiger partial charge in [-0.15, -0.1) is 6.58 Å². The van der Waals surface area contributed by atoms with Crippen LogP contribution in [0.2, 0.25) is 0 Å². The normalized spacial score (nSPS) is 22.3. The van der Waals surface area contributed by atoms with Gasteiger partial charge in [-0.3, -0.25) is 9.69 Å². The van der Waals surface area contributed by atoms with E-state index in [4.69, 9.17) is 0 Å². The van der Waals surface area contributed by atoms with Gasteiger partial charge < -0.3 is 15.1 Å². The van der Waals surface area contributed by atoms with Gasteiger partial charge in [-0.05, 0) is 43.6 Å². The summed E-state index contributed by atoms with van der Waals surface area (Å²) in [5.74, 6) is -0.184. The van der Waals surface area contributed by atoms with E-state index in [-0.39, 0.29) is 18.5 Å². The second kappa shape index (κ2) is 8.97. The van der Waals surface area contributed by atoms with Crippen molar-refractivity contribution in [3.05, 3.63) is 59.3 Å². The monoisotopic (exact) mass is 448 g/mol. The summed E-state index contributed by atoms with van der Waals surface area (Å²) in [6.07, 6.45) is 0.681. The highest BCUT2D eigenvalue weighted by Gasteiger charge is 2.43. The minimum atomic E-state index is -4.45. The molecule has 6 nitrogen and oxygen atoms in total. The smallest absolute Gasteiger partial charge is 0.332 e. The number of alkyl halides is 3. The summed E-state index contributed by atoms with van der Waals surface area (Å²) in [6, 6.07) is 3.43. The van der Waals surface area contributed by atoms with E-state index in [0.717, 1.165) is 44.6 Å². The number of halogens is 3. The first-order valence-electron chi connectivity index (χ1n) is 10.9. The predicted octanol–water partition coefficient (Wildman–Crippen LogP) is 3.54. The van der Waals surface area contributed by atoms with Crippen LogP contribution in [-0.4, -0.2) is 65.9 Å². The Hall–Kier alpha value is -2.81. The maximum atomic E-state index is 13.3. The van der Waals surface area contributed by atoms with Crippen LogP contribution in [0.5, 0.6) is 0 Å². The van der Waals surface area contributed by atoms with E-state index < -0.39 is 17.8 Å². The lowest BCUT2D eigenvalue weighted by atomic mass is 9.94. The number of hydrogen-bond donors (Lipinski definition) is 1. The first kappa shape index (κ1) is 22.4. The molecule has 0 radical (unpaired) electrons. The molecule has 172 valence electrons. The lowest BCUT2D eigenvalue weighted by Gasteiger charge is -2.33.